The maximum atomic E-state index is 12.7. The number of likely N-dealkylation sites (tertiary alicyclic amines) is 1. The quantitative estimate of drug-likeness (QED) is 0.919. The Hall–Kier alpha value is -2.04. The van der Waals surface area contributed by atoms with Crippen molar-refractivity contribution in [2.24, 2.45) is 17.8 Å². The van der Waals surface area contributed by atoms with Crippen LogP contribution in [0.2, 0.25) is 0 Å². The molecule has 1 N–H and O–H groups in total. The van der Waals surface area contributed by atoms with Crippen molar-refractivity contribution < 1.29 is 14.3 Å². The Morgan fingerprint density at radius 3 is 2.48 bits per heavy atom. The van der Waals surface area contributed by atoms with Crippen LogP contribution in [-0.2, 0) is 16.0 Å². The zero-order valence-corrected chi connectivity index (χ0v) is 14.5. The van der Waals surface area contributed by atoms with Crippen molar-refractivity contribution in [3.05, 3.63) is 35.4 Å². The van der Waals surface area contributed by atoms with Crippen molar-refractivity contribution in [2.45, 2.75) is 37.6 Å². The lowest BCUT2D eigenvalue weighted by Gasteiger charge is -2.43. The molecule has 1 aromatic rings. The number of cyclic esters (lactones) is 1. The van der Waals surface area contributed by atoms with Crippen LogP contribution in [0.15, 0.2) is 24.3 Å². The summed E-state index contributed by atoms with van der Waals surface area (Å²) in [5, 5.41) is 2.87. The van der Waals surface area contributed by atoms with Crippen molar-refractivity contribution in [3.63, 3.8) is 0 Å². The lowest BCUT2D eigenvalue weighted by molar-refractivity contribution is -0.140. The van der Waals surface area contributed by atoms with E-state index in [1.54, 1.807) is 0 Å². The number of amides is 2. The third kappa shape index (κ3) is 2.35. The summed E-state index contributed by atoms with van der Waals surface area (Å²) in [6.07, 6.45) is 2.19. The van der Waals surface area contributed by atoms with Crippen LogP contribution in [0.4, 0.5) is 4.79 Å². The van der Waals surface area contributed by atoms with Crippen LogP contribution in [0.25, 0.3) is 0 Å². The first-order chi connectivity index (χ1) is 12.1. The van der Waals surface area contributed by atoms with Crippen molar-refractivity contribution in [1.29, 1.82) is 0 Å². The fourth-order valence-corrected chi connectivity index (χ4v) is 5.20. The number of alkyl carbamates (subject to hydrolysis) is 1. The summed E-state index contributed by atoms with van der Waals surface area (Å²) in [6, 6.07) is 9.01. The topological polar surface area (TPSA) is 58.6 Å². The summed E-state index contributed by atoms with van der Waals surface area (Å²) in [4.78, 5) is 26.0. The standard InChI is InChI=1S/C20H24N2O3/c1-2-12-3-5-13(6-4-12)17-15-9-22(10-16(15)17)18(23)14-7-20(8-14)11-25-19(24)21-20/h3-6,14-17H,2,7-11H2,1H3,(H,21,24)/t14?,15-,16+,17-,20?. The molecule has 1 spiro atoms. The highest BCUT2D eigenvalue weighted by atomic mass is 16.6. The fourth-order valence-electron chi connectivity index (χ4n) is 5.20. The fraction of sp³-hybridized carbons (Fsp3) is 0.600. The molecule has 0 unspecified atom stereocenters. The zero-order chi connectivity index (χ0) is 17.2. The Labute approximate surface area is 147 Å². The summed E-state index contributed by atoms with van der Waals surface area (Å²) >= 11 is 0. The molecule has 5 heteroatoms. The van der Waals surface area contributed by atoms with Crippen LogP contribution in [0.3, 0.4) is 0 Å². The number of aryl methyl sites for hydroxylation is 1. The van der Waals surface area contributed by atoms with Gasteiger partial charge >= 0.3 is 6.09 Å². The van der Waals surface area contributed by atoms with Gasteiger partial charge in [-0.1, -0.05) is 31.2 Å². The van der Waals surface area contributed by atoms with E-state index in [1.807, 2.05) is 0 Å². The average Bonchev–Trinajstić information content (AvgIpc) is 2.94. The minimum absolute atomic E-state index is 0.0572. The van der Waals surface area contributed by atoms with E-state index >= 15 is 0 Å². The molecule has 5 rings (SSSR count). The van der Waals surface area contributed by atoms with E-state index in [0.717, 1.165) is 32.4 Å². The number of carbonyl (C=O) groups excluding carboxylic acids is 2. The van der Waals surface area contributed by atoms with Crippen molar-refractivity contribution in [2.75, 3.05) is 19.7 Å². The van der Waals surface area contributed by atoms with Gasteiger partial charge in [0.2, 0.25) is 5.91 Å². The van der Waals surface area contributed by atoms with Gasteiger partial charge in [0.15, 0.2) is 0 Å². The van der Waals surface area contributed by atoms with E-state index in [4.69, 9.17) is 4.74 Å². The Morgan fingerprint density at radius 2 is 1.92 bits per heavy atom. The summed E-state index contributed by atoms with van der Waals surface area (Å²) in [7, 11) is 0. The number of carbonyl (C=O) groups is 2. The van der Waals surface area contributed by atoms with Gasteiger partial charge in [-0.2, -0.15) is 0 Å². The van der Waals surface area contributed by atoms with Gasteiger partial charge in [-0.15, -0.1) is 0 Å². The van der Waals surface area contributed by atoms with Gasteiger partial charge in [-0.25, -0.2) is 4.79 Å². The van der Waals surface area contributed by atoms with Crippen LogP contribution in [0.5, 0.6) is 0 Å². The number of hydrogen-bond donors (Lipinski definition) is 1. The molecule has 4 aliphatic rings. The molecule has 0 bridgehead atoms. The maximum Gasteiger partial charge on any atom is 0.407 e. The SMILES string of the molecule is CCc1ccc([C@@H]2[C@@H]3CN(C(=O)C4CC5(COC(=O)N5)C4)C[C@@H]32)cc1. The normalized spacial score (nSPS) is 38.1. The predicted molar refractivity (Wildman–Crippen MR) is 92.1 cm³/mol. The smallest absolute Gasteiger partial charge is 0.407 e. The van der Waals surface area contributed by atoms with E-state index in [1.165, 1.54) is 11.1 Å². The van der Waals surface area contributed by atoms with E-state index in [9.17, 15) is 9.59 Å². The van der Waals surface area contributed by atoms with Gasteiger partial charge in [0.1, 0.15) is 6.61 Å². The summed E-state index contributed by atoms with van der Waals surface area (Å²) in [5.74, 6) is 2.26. The maximum absolute atomic E-state index is 12.7. The molecule has 0 radical (unpaired) electrons. The van der Waals surface area contributed by atoms with Gasteiger partial charge in [0, 0.05) is 19.0 Å². The Balaban J connectivity index is 1.16. The van der Waals surface area contributed by atoms with E-state index < -0.39 is 0 Å². The molecule has 0 aromatic heterocycles. The van der Waals surface area contributed by atoms with Gasteiger partial charge in [-0.3, -0.25) is 4.79 Å². The van der Waals surface area contributed by atoms with E-state index in [2.05, 4.69) is 41.4 Å². The summed E-state index contributed by atoms with van der Waals surface area (Å²) < 4.78 is 4.99. The monoisotopic (exact) mass is 340 g/mol. The minimum atomic E-state index is -0.342. The molecule has 2 amide bonds. The molecular weight excluding hydrogens is 316 g/mol. The highest BCUT2D eigenvalue weighted by molar-refractivity contribution is 5.82. The van der Waals surface area contributed by atoms with Crippen LogP contribution < -0.4 is 5.32 Å². The first-order valence-electron chi connectivity index (χ1n) is 9.41. The van der Waals surface area contributed by atoms with E-state index in [-0.39, 0.29) is 23.5 Å². The average molecular weight is 340 g/mol. The highest BCUT2D eigenvalue weighted by Gasteiger charge is 2.59. The number of piperidine rings is 1. The first-order valence-corrected chi connectivity index (χ1v) is 9.41. The van der Waals surface area contributed by atoms with E-state index in [0.29, 0.717) is 24.4 Å². The second kappa shape index (κ2) is 5.23. The second-order valence-corrected chi connectivity index (χ2v) is 8.28. The van der Waals surface area contributed by atoms with Crippen molar-refractivity contribution in [1.82, 2.24) is 10.2 Å². The van der Waals surface area contributed by atoms with Crippen LogP contribution >= 0.6 is 0 Å². The number of hydrogen-bond acceptors (Lipinski definition) is 3. The largest absolute Gasteiger partial charge is 0.447 e. The Bertz CT molecular complexity index is 711. The second-order valence-electron chi connectivity index (χ2n) is 8.28. The molecule has 2 aliphatic carbocycles. The predicted octanol–water partition coefficient (Wildman–Crippen LogP) is 2.31. The molecule has 2 saturated heterocycles. The van der Waals surface area contributed by atoms with Crippen LogP contribution in [-0.4, -0.2) is 42.1 Å². The highest BCUT2D eigenvalue weighted by Crippen LogP contribution is 2.58. The molecule has 2 aliphatic heterocycles. The van der Waals surface area contributed by atoms with Gasteiger partial charge in [0.05, 0.1) is 5.54 Å². The lowest BCUT2D eigenvalue weighted by Crippen LogP contribution is -2.58. The number of rotatable bonds is 3. The molecule has 1 aromatic carbocycles. The molecular formula is C20H24N2O3. The molecule has 4 fully saturated rings. The number of nitrogens with one attached hydrogen (secondary N) is 1. The molecule has 2 heterocycles. The zero-order valence-electron chi connectivity index (χ0n) is 14.5. The minimum Gasteiger partial charge on any atom is -0.447 e. The van der Waals surface area contributed by atoms with Crippen LogP contribution in [0.1, 0.15) is 36.8 Å². The summed E-state index contributed by atoms with van der Waals surface area (Å²) in [5.41, 5.74) is 2.56. The van der Waals surface area contributed by atoms with Crippen LogP contribution in [0, 0.1) is 17.8 Å². The molecule has 3 atom stereocenters. The summed E-state index contributed by atoms with van der Waals surface area (Å²) in [6.45, 7) is 4.39. The molecule has 2 saturated carbocycles. The first kappa shape index (κ1) is 15.2. The molecule has 25 heavy (non-hydrogen) atoms. The number of nitrogens with zero attached hydrogens (tertiary/aromatic N) is 1. The Morgan fingerprint density at radius 1 is 1.24 bits per heavy atom. The molecule has 5 nitrogen and oxygen atoms in total. The number of benzene rings is 1. The van der Waals surface area contributed by atoms with Gasteiger partial charge < -0.3 is 15.0 Å². The van der Waals surface area contributed by atoms with Crippen molar-refractivity contribution >= 4 is 12.0 Å². The molecule has 132 valence electrons. The van der Waals surface area contributed by atoms with Gasteiger partial charge in [0.25, 0.3) is 0 Å². The number of ether oxygens (including phenoxy) is 1. The lowest BCUT2D eigenvalue weighted by atomic mass is 9.68. The van der Waals surface area contributed by atoms with Gasteiger partial charge in [-0.05, 0) is 48.1 Å². The number of fused-ring (bicyclic) bond motifs is 1. The van der Waals surface area contributed by atoms with Crippen molar-refractivity contribution in [3.8, 4) is 0 Å². The third-order valence-corrected chi connectivity index (χ3v) is 6.75. The third-order valence-electron chi connectivity index (χ3n) is 6.75. The Kier molecular flexibility index (Phi) is 3.19.